The van der Waals surface area contributed by atoms with Gasteiger partial charge in [-0.25, -0.2) is 0 Å². The summed E-state index contributed by atoms with van der Waals surface area (Å²) in [4.78, 5) is 24.1. The minimum Gasteiger partial charge on any atom is -0.469 e. The molecule has 0 fully saturated rings. The Hall–Kier alpha value is -2.56. The molecule has 2 amide bonds. The van der Waals surface area contributed by atoms with E-state index in [9.17, 15) is 9.59 Å². The van der Waals surface area contributed by atoms with Crippen LogP contribution in [0, 0.1) is 6.92 Å². The van der Waals surface area contributed by atoms with E-state index in [1.54, 1.807) is 13.0 Å². The summed E-state index contributed by atoms with van der Waals surface area (Å²) in [5.74, 6) is 0.0282. The van der Waals surface area contributed by atoms with Gasteiger partial charge in [-0.05, 0) is 37.3 Å². The SMILES string of the molecule is Cc1occc1C(=O)NCC(=O)N[C@@H](C)CC(C)(C)c1ccccc1. The Balaban J connectivity index is 1.82. The van der Waals surface area contributed by atoms with E-state index in [2.05, 4.69) is 36.6 Å². The number of carbonyl (C=O) groups is 2. The van der Waals surface area contributed by atoms with Crippen molar-refractivity contribution in [2.24, 2.45) is 0 Å². The molecule has 0 aliphatic carbocycles. The molecule has 0 spiro atoms. The van der Waals surface area contributed by atoms with E-state index in [0.29, 0.717) is 11.3 Å². The van der Waals surface area contributed by atoms with Crippen LogP contribution in [-0.4, -0.2) is 24.4 Å². The summed E-state index contributed by atoms with van der Waals surface area (Å²) in [6.45, 7) is 7.95. The number of aryl methyl sites for hydroxylation is 1. The number of rotatable bonds is 7. The zero-order chi connectivity index (χ0) is 18.4. The van der Waals surface area contributed by atoms with Crippen molar-refractivity contribution >= 4 is 11.8 Å². The fourth-order valence-electron chi connectivity index (χ4n) is 3.03. The maximum atomic E-state index is 12.1. The van der Waals surface area contributed by atoms with Gasteiger partial charge < -0.3 is 15.1 Å². The van der Waals surface area contributed by atoms with Crippen molar-refractivity contribution in [3.8, 4) is 0 Å². The second kappa shape index (κ2) is 8.01. The van der Waals surface area contributed by atoms with Gasteiger partial charge >= 0.3 is 0 Å². The molecule has 1 heterocycles. The van der Waals surface area contributed by atoms with E-state index in [0.717, 1.165) is 6.42 Å². The van der Waals surface area contributed by atoms with Crippen LogP contribution in [0.4, 0.5) is 0 Å². The molecular weight excluding hydrogens is 316 g/mol. The lowest BCUT2D eigenvalue weighted by atomic mass is 9.79. The largest absolute Gasteiger partial charge is 0.469 e. The third kappa shape index (κ3) is 5.21. The summed E-state index contributed by atoms with van der Waals surface area (Å²) < 4.78 is 5.09. The number of hydrogen-bond acceptors (Lipinski definition) is 3. The first-order valence-electron chi connectivity index (χ1n) is 8.47. The van der Waals surface area contributed by atoms with Crippen molar-refractivity contribution in [3.63, 3.8) is 0 Å². The zero-order valence-electron chi connectivity index (χ0n) is 15.3. The molecule has 5 heteroatoms. The molecule has 0 unspecified atom stereocenters. The fourth-order valence-corrected chi connectivity index (χ4v) is 3.03. The summed E-state index contributed by atoms with van der Waals surface area (Å²) in [5, 5.41) is 5.56. The number of nitrogens with one attached hydrogen (secondary N) is 2. The first-order valence-corrected chi connectivity index (χ1v) is 8.47. The van der Waals surface area contributed by atoms with E-state index >= 15 is 0 Å². The molecule has 0 saturated carbocycles. The number of carbonyl (C=O) groups excluding carboxylic acids is 2. The van der Waals surface area contributed by atoms with Gasteiger partial charge in [0, 0.05) is 6.04 Å². The molecule has 134 valence electrons. The monoisotopic (exact) mass is 342 g/mol. The van der Waals surface area contributed by atoms with Crippen molar-refractivity contribution in [1.29, 1.82) is 0 Å². The predicted molar refractivity (Wildman–Crippen MR) is 97.5 cm³/mol. The van der Waals surface area contributed by atoms with Gasteiger partial charge in [0.15, 0.2) is 0 Å². The highest BCUT2D eigenvalue weighted by Crippen LogP contribution is 2.28. The molecule has 0 aliphatic heterocycles. The first-order chi connectivity index (χ1) is 11.8. The van der Waals surface area contributed by atoms with Crippen LogP contribution in [0.5, 0.6) is 0 Å². The van der Waals surface area contributed by atoms with Gasteiger partial charge in [-0.2, -0.15) is 0 Å². The van der Waals surface area contributed by atoms with Crippen molar-refractivity contribution in [3.05, 3.63) is 59.5 Å². The molecule has 1 aromatic heterocycles. The van der Waals surface area contributed by atoms with Crippen LogP contribution in [0.25, 0.3) is 0 Å². The van der Waals surface area contributed by atoms with Gasteiger partial charge in [-0.15, -0.1) is 0 Å². The molecule has 0 radical (unpaired) electrons. The minimum atomic E-state index is -0.307. The van der Waals surface area contributed by atoms with E-state index in [1.807, 2.05) is 25.1 Å². The lowest BCUT2D eigenvalue weighted by molar-refractivity contribution is -0.120. The molecule has 2 N–H and O–H groups in total. The number of hydrogen-bond donors (Lipinski definition) is 2. The molecule has 5 nitrogen and oxygen atoms in total. The standard InChI is InChI=1S/C20H26N2O3/c1-14(12-20(3,4)16-8-6-5-7-9-16)22-18(23)13-21-19(24)17-10-11-25-15(17)2/h5-11,14H,12-13H2,1-4H3,(H,21,24)(H,22,23)/t14-/m0/s1. The summed E-state index contributed by atoms with van der Waals surface area (Å²) >= 11 is 0. The Morgan fingerprint density at radius 1 is 1.16 bits per heavy atom. The smallest absolute Gasteiger partial charge is 0.255 e. The van der Waals surface area contributed by atoms with Crippen LogP contribution in [0.3, 0.4) is 0 Å². The first kappa shape index (κ1) is 18.8. The summed E-state index contributed by atoms with van der Waals surface area (Å²) in [5.41, 5.74) is 1.64. The zero-order valence-corrected chi connectivity index (χ0v) is 15.3. The van der Waals surface area contributed by atoms with Gasteiger partial charge in [0.1, 0.15) is 5.76 Å². The lowest BCUT2D eigenvalue weighted by Crippen LogP contribution is -2.42. The Kier molecular flexibility index (Phi) is 6.02. The molecule has 0 bridgehead atoms. The Morgan fingerprint density at radius 3 is 2.44 bits per heavy atom. The average molecular weight is 342 g/mol. The normalized spacial score (nSPS) is 12.5. The number of furan rings is 1. The van der Waals surface area contributed by atoms with E-state index in [1.165, 1.54) is 11.8 Å². The molecule has 1 atom stereocenters. The van der Waals surface area contributed by atoms with Gasteiger partial charge in [0.05, 0.1) is 18.4 Å². The van der Waals surface area contributed by atoms with Crippen LogP contribution in [-0.2, 0) is 10.2 Å². The number of amides is 2. The van der Waals surface area contributed by atoms with E-state index < -0.39 is 0 Å². The molecule has 2 aromatic rings. The van der Waals surface area contributed by atoms with Crippen molar-refractivity contribution in [2.45, 2.75) is 45.6 Å². The summed E-state index contributed by atoms with van der Waals surface area (Å²) in [6.07, 6.45) is 2.26. The Morgan fingerprint density at radius 2 is 1.84 bits per heavy atom. The minimum absolute atomic E-state index is 0.00438. The highest BCUT2D eigenvalue weighted by Gasteiger charge is 2.24. The van der Waals surface area contributed by atoms with E-state index in [-0.39, 0.29) is 29.8 Å². The molecule has 1 aromatic carbocycles. The maximum absolute atomic E-state index is 12.1. The molecule has 2 rings (SSSR count). The third-order valence-electron chi connectivity index (χ3n) is 4.29. The van der Waals surface area contributed by atoms with Gasteiger partial charge in [-0.1, -0.05) is 44.2 Å². The van der Waals surface area contributed by atoms with Gasteiger partial charge in [0.2, 0.25) is 5.91 Å². The topological polar surface area (TPSA) is 71.3 Å². The molecule has 25 heavy (non-hydrogen) atoms. The average Bonchev–Trinajstić information content (AvgIpc) is 2.99. The fraction of sp³-hybridized carbons (Fsp3) is 0.400. The van der Waals surface area contributed by atoms with E-state index in [4.69, 9.17) is 4.42 Å². The number of benzene rings is 1. The molecule has 0 saturated heterocycles. The van der Waals surface area contributed by atoms with Crippen LogP contribution in [0.1, 0.15) is 48.9 Å². The van der Waals surface area contributed by atoms with Crippen LogP contribution in [0.2, 0.25) is 0 Å². The highest BCUT2D eigenvalue weighted by atomic mass is 16.3. The van der Waals surface area contributed by atoms with Crippen molar-refractivity contribution in [1.82, 2.24) is 10.6 Å². The Labute approximate surface area is 148 Å². The maximum Gasteiger partial charge on any atom is 0.255 e. The molecule has 0 aliphatic rings. The summed E-state index contributed by atoms with van der Waals surface area (Å²) in [6, 6.07) is 11.8. The van der Waals surface area contributed by atoms with Crippen LogP contribution in [0.15, 0.2) is 47.1 Å². The lowest BCUT2D eigenvalue weighted by Gasteiger charge is -2.29. The van der Waals surface area contributed by atoms with Crippen molar-refractivity contribution in [2.75, 3.05) is 6.54 Å². The second-order valence-electron chi connectivity index (χ2n) is 7.00. The molecular formula is C20H26N2O3. The summed E-state index contributed by atoms with van der Waals surface area (Å²) in [7, 11) is 0. The van der Waals surface area contributed by atoms with Crippen molar-refractivity contribution < 1.29 is 14.0 Å². The predicted octanol–water partition coefficient (Wildman–Crippen LogP) is 3.19. The Bertz CT molecular complexity index is 720. The quantitative estimate of drug-likeness (QED) is 0.812. The van der Waals surface area contributed by atoms with Gasteiger partial charge in [0.25, 0.3) is 5.91 Å². The van der Waals surface area contributed by atoms with Gasteiger partial charge in [-0.3, -0.25) is 9.59 Å². The third-order valence-corrected chi connectivity index (χ3v) is 4.29. The highest BCUT2D eigenvalue weighted by molar-refractivity contribution is 5.97. The van der Waals surface area contributed by atoms with Crippen LogP contribution >= 0.6 is 0 Å². The second-order valence-corrected chi connectivity index (χ2v) is 7.00. The van der Waals surface area contributed by atoms with Crippen LogP contribution < -0.4 is 10.6 Å².